The van der Waals surface area contributed by atoms with Gasteiger partial charge in [0, 0.05) is 40.6 Å². The highest BCUT2D eigenvalue weighted by molar-refractivity contribution is 9.10. The van der Waals surface area contributed by atoms with Gasteiger partial charge in [0.2, 0.25) is 5.82 Å². The zero-order chi connectivity index (χ0) is 29.2. The van der Waals surface area contributed by atoms with E-state index in [2.05, 4.69) is 49.5 Å². The molecule has 9 nitrogen and oxygen atoms in total. The Kier molecular flexibility index (Phi) is 7.82. The van der Waals surface area contributed by atoms with Crippen LogP contribution in [0, 0.1) is 6.92 Å². The predicted octanol–water partition coefficient (Wildman–Crippen LogP) is 5.99. The van der Waals surface area contributed by atoms with Crippen molar-refractivity contribution in [2.45, 2.75) is 46.3 Å². The maximum atomic E-state index is 13.9. The molecule has 212 valence electrons. The van der Waals surface area contributed by atoms with Crippen molar-refractivity contribution in [3.63, 3.8) is 0 Å². The van der Waals surface area contributed by atoms with Gasteiger partial charge in [-0.05, 0) is 63.3 Å². The lowest BCUT2D eigenvalue weighted by Gasteiger charge is -2.16. The quantitative estimate of drug-likeness (QED) is 0.202. The van der Waals surface area contributed by atoms with Crippen LogP contribution in [0.2, 0.25) is 0 Å². The van der Waals surface area contributed by atoms with E-state index in [4.69, 9.17) is 9.40 Å². The van der Waals surface area contributed by atoms with Crippen LogP contribution in [0.3, 0.4) is 0 Å². The Bertz CT molecular complexity index is 1930. The topological polar surface area (TPSA) is 123 Å². The second-order valence-electron chi connectivity index (χ2n) is 10.3. The van der Waals surface area contributed by atoms with Crippen molar-refractivity contribution in [2.24, 2.45) is 0 Å². The number of aliphatic hydroxyl groups is 1. The van der Waals surface area contributed by atoms with E-state index in [-0.39, 0.29) is 12.2 Å². The first-order valence-electron chi connectivity index (χ1n) is 13.8. The Morgan fingerprint density at radius 2 is 1.79 bits per heavy atom. The summed E-state index contributed by atoms with van der Waals surface area (Å²) in [7, 11) is 0. The number of aliphatic hydroxyl groups excluding tert-OH is 1. The summed E-state index contributed by atoms with van der Waals surface area (Å²) in [5.41, 5.74) is 6.65. The van der Waals surface area contributed by atoms with Crippen molar-refractivity contribution in [1.82, 2.24) is 30.2 Å². The maximum Gasteiger partial charge on any atom is 0.257 e. The van der Waals surface area contributed by atoms with Crippen LogP contribution in [0.1, 0.15) is 47.1 Å². The Balaban J connectivity index is 1.34. The highest BCUT2D eigenvalue weighted by Gasteiger charge is 2.18. The fourth-order valence-electron chi connectivity index (χ4n) is 5.22. The molecule has 42 heavy (non-hydrogen) atoms. The molecule has 0 aliphatic carbocycles. The number of nitrogens with zero attached hydrogens (tertiary/aromatic N) is 5. The van der Waals surface area contributed by atoms with E-state index >= 15 is 0 Å². The number of H-pyrrole nitrogens is 1. The molecule has 0 bridgehead atoms. The first-order chi connectivity index (χ1) is 20.4. The number of nitrogens with one attached hydrogen (secondary N) is 1. The molecule has 3 aromatic carbocycles. The van der Waals surface area contributed by atoms with Gasteiger partial charge in [-0.15, -0.1) is 10.2 Å². The smallest absolute Gasteiger partial charge is 0.257 e. The number of fused-ring (bicyclic) bond motifs is 1. The number of tetrazole rings is 1. The summed E-state index contributed by atoms with van der Waals surface area (Å²) in [6, 6.07) is 21.5. The molecule has 0 unspecified atom stereocenters. The Hall–Kier alpha value is -4.41. The van der Waals surface area contributed by atoms with Crippen LogP contribution in [0.25, 0.3) is 33.7 Å². The van der Waals surface area contributed by atoms with Gasteiger partial charge < -0.3 is 9.52 Å². The van der Waals surface area contributed by atoms with Crippen molar-refractivity contribution in [1.29, 1.82) is 0 Å². The minimum atomic E-state index is -0.0376. The average molecular weight is 626 g/mol. The van der Waals surface area contributed by atoms with Crippen LogP contribution in [0.4, 0.5) is 0 Å². The zero-order valence-electron chi connectivity index (χ0n) is 23.3. The number of aromatic amines is 1. The van der Waals surface area contributed by atoms with E-state index in [1.54, 1.807) is 4.57 Å². The van der Waals surface area contributed by atoms with Crippen LogP contribution < -0.4 is 5.56 Å². The summed E-state index contributed by atoms with van der Waals surface area (Å²) in [4.78, 5) is 18.8. The van der Waals surface area contributed by atoms with Gasteiger partial charge in [-0.1, -0.05) is 61.5 Å². The van der Waals surface area contributed by atoms with Crippen LogP contribution in [-0.4, -0.2) is 35.3 Å². The number of hydrogen-bond acceptors (Lipinski definition) is 7. The molecule has 6 rings (SSSR count). The third kappa shape index (κ3) is 5.43. The summed E-state index contributed by atoms with van der Waals surface area (Å²) in [5.74, 6) is 2.02. The Labute approximate surface area is 250 Å². The minimum absolute atomic E-state index is 0.0333. The largest absolute Gasteiger partial charge is 0.455 e. The standard InChI is InChI=1S/C32H29BrN6O3/c1-3-5-28-34-19(2)25(15-20-6-4-7-22(14-20)18-40)32(41)39(28)17-21-8-13-27-26(16-21)29(33)30(42-27)23-9-11-24(12-10-23)31-35-37-38-36-31/h4,6-14,16,40H,3,5,15,17-18H2,1-2H3,(H,35,36,37,38). The van der Waals surface area contributed by atoms with E-state index in [0.717, 1.165) is 67.0 Å². The average Bonchev–Trinajstić information content (AvgIpc) is 3.66. The second kappa shape index (κ2) is 11.8. The van der Waals surface area contributed by atoms with Crippen molar-refractivity contribution < 1.29 is 9.52 Å². The van der Waals surface area contributed by atoms with Gasteiger partial charge in [0.05, 0.1) is 17.6 Å². The zero-order valence-corrected chi connectivity index (χ0v) is 24.9. The molecule has 0 amide bonds. The van der Waals surface area contributed by atoms with Gasteiger partial charge in [0.25, 0.3) is 5.56 Å². The van der Waals surface area contributed by atoms with E-state index in [1.165, 1.54) is 0 Å². The molecule has 0 saturated carbocycles. The van der Waals surface area contributed by atoms with Crippen molar-refractivity contribution in [2.75, 3.05) is 0 Å². The van der Waals surface area contributed by atoms with Gasteiger partial charge in [0.15, 0.2) is 0 Å². The molecular weight excluding hydrogens is 596 g/mol. The lowest BCUT2D eigenvalue weighted by Crippen LogP contribution is -2.30. The van der Waals surface area contributed by atoms with Crippen molar-refractivity contribution in [3.05, 3.63) is 115 Å². The third-order valence-corrected chi connectivity index (χ3v) is 8.15. The molecule has 6 aromatic rings. The Morgan fingerprint density at radius 3 is 2.52 bits per heavy atom. The molecule has 0 fully saturated rings. The van der Waals surface area contributed by atoms with Gasteiger partial charge in [0.1, 0.15) is 17.2 Å². The van der Waals surface area contributed by atoms with Gasteiger partial charge >= 0.3 is 0 Å². The highest BCUT2D eigenvalue weighted by Crippen LogP contribution is 2.38. The molecule has 0 atom stereocenters. The molecular formula is C32H29BrN6O3. The summed E-state index contributed by atoms with van der Waals surface area (Å²) in [6.07, 6.45) is 2.04. The van der Waals surface area contributed by atoms with E-state index in [0.29, 0.717) is 30.8 Å². The number of halogens is 1. The summed E-state index contributed by atoms with van der Waals surface area (Å²) < 4.78 is 8.88. The number of rotatable bonds is 9. The van der Waals surface area contributed by atoms with E-state index in [1.807, 2.05) is 67.6 Å². The number of aromatic nitrogens is 6. The lowest BCUT2D eigenvalue weighted by atomic mass is 10.0. The fourth-order valence-corrected chi connectivity index (χ4v) is 5.84. The van der Waals surface area contributed by atoms with Crippen molar-refractivity contribution >= 4 is 26.9 Å². The van der Waals surface area contributed by atoms with Crippen LogP contribution in [0.15, 0.2) is 80.4 Å². The number of aryl methyl sites for hydroxylation is 2. The molecule has 0 aliphatic heterocycles. The molecule has 3 heterocycles. The Morgan fingerprint density at radius 1 is 1.00 bits per heavy atom. The second-order valence-corrected chi connectivity index (χ2v) is 11.1. The van der Waals surface area contributed by atoms with E-state index < -0.39 is 0 Å². The van der Waals surface area contributed by atoms with Crippen LogP contribution in [0.5, 0.6) is 0 Å². The molecule has 0 radical (unpaired) electrons. The third-order valence-electron chi connectivity index (χ3n) is 7.36. The number of hydrogen-bond donors (Lipinski definition) is 2. The van der Waals surface area contributed by atoms with Gasteiger partial charge in [-0.2, -0.15) is 5.21 Å². The summed E-state index contributed by atoms with van der Waals surface area (Å²) in [5, 5.41) is 24.6. The molecule has 0 saturated heterocycles. The number of furan rings is 1. The van der Waals surface area contributed by atoms with Crippen LogP contribution >= 0.6 is 15.9 Å². The van der Waals surface area contributed by atoms with Gasteiger partial charge in [-0.25, -0.2) is 4.98 Å². The fraction of sp³-hybridized carbons (Fsp3) is 0.219. The van der Waals surface area contributed by atoms with Gasteiger partial charge in [-0.3, -0.25) is 9.36 Å². The summed E-state index contributed by atoms with van der Waals surface area (Å²) in [6.45, 7) is 4.35. The molecule has 3 aromatic heterocycles. The highest BCUT2D eigenvalue weighted by atomic mass is 79.9. The lowest BCUT2D eigenvalue weighted by molar-refractivity contribution is 0.281. The molecule has 0 aliphatic rings. The normalized spacial score (nSPS) is 11.4. The first-order valence-corrected chi connectivity index (χ1v) is 14.6. The van der Waals surface area contributed by atoms with Crippen molar-refractivity contribution in [3.8, 4) is 22.7 Å². The predicted molar refractivity (Wildman–Crippen MR) is 164 cm³/mol. The van der Waals surface area contributed by atoms with Crippen LogP contribution in [-0.2, 0) is 26.0 Å². The molecule has 10 heteroatoms. The summed E-state index contributed by atoms with van der Waals surface area (Å²) >= 11 is 3.76. The number of benzene rings is 3. The van der Waals surface area contributed by atoms with E-state index in [9.17, 15) is 9.90 Å². The SMILES string of the molecule is CCCc1nc(C)c(Cc2cccc(CO)c2)c(=O)n1Cc1ccc2oc(-c3ccc(-c4nn[nH]n4)cc3)c(Br)c2c1. The molecule has 2 N–H and O–H groups in total. The minimum Gasteiger partial charge on any atom is -0.455 e. The molecule has 0 spiro atoms. The monoisotopic (exact) mass is 624 g/mol. The first kappa shape index (κ1) is 27.7. The maximum absolute atomic E-state index is 13.9.